The van der Waals surface area contributed by atoms with Crippen molar-refractivity contribution in [2.45, 2.75) is 0 Å². The first-order chi connectivity index (χ1) is 17.8. The molecule has 0 aromatic carbocycles. The first-order valence-electron chi connectivity index (χ1n) is 11.5. The molecule has 0 atom stereocenters. The number of hydrogen-bond acceptors (Lipinski definition) is 11. The summed E-state index contributed by atoms with van der Waals surface area (Å²) >= 11 is 0. The first kappa shape index (κ1) is 26.0. The fourth-order valence-corrected chi connectivity index (χ4v) is 3.97. The number of morpholine rings is 1. The molecule has 3 aromatic rings. The van der Waals surface area contributed by atoms with Crippen LogP contribution >= 0.6 is 0 Å². The molecule has 196 valence electrons. The van der Waals surface area contributed by atoms with Gasteiger partial charge in [0.15, 0.2) is 5.82 Å². The minimum absolute atomic E-state index is 0. The fourth-order valence-electron chi connectivity index (χ4n) is 3.42. The monoisotopic (exact) mass is 525 g/mol. The van der Waals surface area contributed by atoms with Crippen molar-refractivity contribution in [2.24, 2.45) is 4.36 Å². The van der Waals surface area contributed by atoms with Gasteiger partial charge in [0.1, 0.15) is 23.0 Å². The van der Waals surface area contributed by atoms with E-state index in [1.807, 2.05) is 12.1 Å². The topological polar surface area (TPSA) is 147 Å². The van der Waals surface area contributed by atoms with E-state index >= 15 is 0 Å². The quantitative estimate of drug-likeness (QED) is 0.356. The van der Waals surface area contributed by atoms with E-state index in [1.165, 1.54) is 18.7 Å². The number of amides is 1. The van der Waals surface area contributed by atoms with E-state index in [1.54, 1.807) is 30.5 Å². The van der Waals surface area contributed by atoms with Gasteiger partial charge in [-0.25, -0.2) is 19.2 Å². The summed E-state index contributed by atoms with van der Waals surface area (Å²) in [6, 6.07) is 8.87. The molecule has 4 rings (SSSR count). The molecule has 0 bridgehead atoms. The maximum atomic E-state index is 12.7. The predicted molar refractivity (Wildman–Crippen MR) is 147 cm³/mol. The van der Waals surface area contributed by atoms with Gasteiger partial charge in [-0.05, 0) is 24.3 Å². The van der Waals surface area contributed by atoms with Crippen LogP contribution in [0.25, 0.3) is 0 Å². The van der Waals surface area contributed by atoms with E-state index < -0.39 is 9.73 Å². The largest absolute Gasteiger partial charge is 0.378 e. The smallest absolute Gasteiger partial charge is 0.256 e. The lowest BCUT2D eigenvalue weighted by atomic mass is 10.2. The molecule has 0 unspecified atom stereocenters. The Balaban J connectivity index is 0.00000400. The van der Waals surface area contributed by atoms with E-state index in [4.69, 9.17) is 4.74 Å². The number of aromatic nitrogens is 4. The molecule has 4 heterocycles. The van der Waals surface area contributed by atoms with Crippen molar-refractivity contribution in [2.75, 3.05) is 60.9 Å². The van der Waals surface area contributed by atoms with E-state index in [9.17, 15) is 9.00 Å². The number of carbonyl (C=O) groups excluding carboxylic acids is 1. The molecule has 0 radical (unpaired) electrons. The lowest BCUT2D eigenvalue weighted by Gasteiger charge is -2.27. The molecule has 12 nitrogen and oxygen atoms in total. The van der Waals surface area contributed by atoms with Crippen LogP contribution in [0.2, 0.25) is 0 Å². The number of nitrogens with zero attached hydrogens (tertiary/aromatic N) is 6. The van der Waals surface area contributed by atoms with Gasteiger partial charge in [0.2, 0.25) is 5.95 Å². The molecule has 0 aliphatic carbocycles. The number of nitrogens with one attached hydrogen (secondary N) is 3. The highest BCUT2D eigenvalue weighted by Gasteiger charge is 2.16. The van der Waals surface area contributed by atoms with Gasteiger partial charge in [0, 0.05) is 49.5 Å². The van der Waals surface area contributed by atoms with Crippen LogP contribution in [0.1, 0.15) is 11.8 Å². The molecular formula is C24H31N9O3S. The zero-order valence-corrected chi connectivity index (χ0v) is 21.5. The summed E-state index contributed by atoms with van der Waals surface area (Å²) < 4.78 is 21.6. The van der Waals surface area contributed by atoms with Gasteiger partial charge in [-0.2, -0.15) is 9.35 Å². The molecule has 0 saturated carbocycles. The van der Waals surface area contributed by atoms with Crippen molar-refractivity contribution in [1.29, 1.82) is 0 Å². The number of anilines is 5. The molecule has 1 amide bonds. The molecule has 1 saturated heterocycles. The highest BCUT2D eigenvalue weighted by atomic mass is 32.2. The van der Waals surface area contributed by atoms with Gasteiger partial charge in [0.05, 0.1) is 25.1 Å². The van der Waals surface area contributed by atoms with Crippen LogP contribution in [0.15, 0.2) is 59.7 Å². The van der Waals surface area contributed by atoms with Crippen molar-refractivity contribution >= 4 is 50.5 Å². The number of pyridine rings is 2. The van der Waals surface area contributed by atoms with E-state index in [0.29, 0.717) is 30.5 Å². The van der Waals surface area contributed by atoms with E-state index in [0.717, 1.165) is 18.9 Å². The molecule has 3 N–H and O–H groups in total. The van der Waals surface area contributed by atoms with E-state index in [2.05, 4.69) is 51.7 Å². The van der Waals surface area contributed by atoms with Crippen LogP contribution < -0.4 is 20.9 Å². The minimum Gasteiger partial charge on any atom is -0.378 e. The van der Waals surface area contributed by atoms with Crippen LogP contribution in [-0.4, -0.2) is 75.4 Å². The van der Waals surface area contributed by atoms with Gasteiger partial charge in [0.25, 0.3) is 5.91 Å². The first-order valence-corrected chi connectivity index (χ1v) is 13.9. The summed E-state index contributed by atoms with van der Waals surface area (Å²) in [6.45, 7) is 6.86. The predicted octanol–water partition coefficient (Wildman–Crippen LogP) is 3.11. The average Bonchev–Trinajstić information content (AvgIpc) is 2.88. The highest BCUT2D eigenvalue weighted by molar-refractivity contribution is 7.92. The van der Waals surface area contributed by atoms with Gasteiger partial charge in [-0.1, -0.05) is 12.1 Å². The Labute approximate surface area is 217 Å². The zero-order valence-electron chi connectivity index (χ0n) is 20.7. The summed E-state index contributed by atoms with van der Waals surface area (Å²) in [5, 5.41) is 8.90. The Morgan fingerprint density at radius 1 is 1.16 bits per heavy atom. The number of ether oxygens (including phenoxy) is 1. The van der Waals surface area contributed by atoms with Crippen LogP contribution in [0.5, 0.6) is 0 Å². The third kappa shape index (κ3) is 7.44. The Kier molecular flexibility index (Phi) is 8.25. The van der Waals surface area contributed by atoms with Crippen LogP contribution in [-0.2, 0) is 14.5 Å². The molecule has 13 heteroatoms. The minimum atomic E-state index is -2.39. The zero-order chi connectivity index (χ0) is 26.3. The second kappa shape index (κ2) is 11.8. The average molecular weight is 526 g/mol. The van der Waals surface area contributed by atoms with Crippen molar-refractivity contribution in [3.63, 3.8) is 0 Å². The van der Waals surface area contributed by atoms with Crippen LogP contribution in [0.4, 0.5) is 34.9 Å². The van der Waals surface area contributed by atoms with Crippen LogP contribution in [0.3, 0.4) is 0 Å². The Hall–Kier alpha value is -4.10. The number of rotatable bonds is 9. The normalized spacial score (nSPS) is 13.5. The van der Waals surface area contributed by atoms with E-state index in [-0.39, 0.29) is 31.2 Å². The summed E-state index contributed by atoms with van der Waals surface area (Å²) in [5.41, 5.74) is 0.901. The Morgan fingerprint density at radius 3 is 2.68 bits per heavy atom. The summed E-state index contributed by atoms with van der Waals surface area (Å²) in [5.74, 6) is 1.66. The van der Waals surface area contributed by atoms with Crippen molar-refractivity contribution in [3.8, 4) is 0 Å². The summed E-state index contributed by atoms with van der Waals surface area (Å²) in [4.78, 5) is 32.6. The van der Waals surface area contributed by atoms with Gasteiger partial charge in [-0.15, -0.1) is 6.58 Å². The summed E-state index contributed by atoms with van der Waals surface area (Å²) in [7, 11) is -2.39. The van der Waals surface area contributed by atoms with Crippen molar-refractivity contribution in [1.82, 2.24) is 25.3 Å². The Morgan fingerprint density at radius 2 is 1.97 bits per heavy atom. The molecule has 1 aliphatic rings. The number of hydrogen-bond donors (Lipinski definition) is 3. The van der Waals surface area contributed by atoms with Crippen molar-refractivity contribution in [3.05, 3.63) is 60.9 Å². The lowest BCUT2D eigenvalue weighted by Crippen LogP contribution is -2.36. The third-order valence-corrected chi connectivity index (χ3v) is 5.70. The molecular weight excluding hydrogens is 494 g/mol. The van der Waals surface area contributed by atoms with Crippen molar-refractivity contribution < 1.29 is 15.2 Å². The molecule has 3 aromatic heterocycles. The van der Waals surface area contributed by atoms with Crippen LogP contribution in [0, 0.1) is 0 Å². The standard InChI is InChI=1S/C24H29N9O3S.H2/c1-4-10-25-23(34)18-16-27-24(28-17-8-9-21(26-15-17)33-11-13-36-14-12-33)31-22(18)30-19-6-5-7-20(29-19)32-37(2,3)35;/h4-9,15-16H,1,10-14H2,2-3H3,(H,25,34)(H2,27,28,29,30,31);1H. The maximum absolute atomic E-state index is 12.7. The molecule has 0 spiro atoms. The second-order valence-corrected chi connectivity index (χ2v) is 10.9. The van der Waals surface area contributed by atoms with Gasteiger partial charge >= 0.3 is 0 Å². The fraction of sp³-hybridized carbons (Fsp3) is 0.292. The summed E-state index contributed by atoms with van der Waals surface area (Å²) in [6.07, 6.45) is 7.76. The lowest BCUT2D eigenvalue weighted by molar-refractivity contribution is 0.0958. The third-order valence-electron chi connectivity index (χ3n) is 5.07. The SMILES string of the molecule is C=CCNC(=O)c1cnc(Nc2ccc(N3CCOCC3)nc2)nc1Nc1cccc(N=S(C)(C)=O)n1.[HH]. The highest BCUT2D eigenvalue weighted by Crippen LogP contribution is 2.23. The molecule has 1 aliphatic heterocycles. The maximum Gasteiger partial charge on any atom is 0.256 e. The van der Waals surface area contributed by atoms with Gasteiger partial charge in [-0.3, -0.25) is 4.79 Å². The molecule has 1 fully saturated rings. The number of carbonyl (C=O) groups is 1. The molecule has 37 heavy (non-hydrogen) atoms. The van der Waals surface area contributed by atoms with Gasteiger partial charge < -0.3 is 25.6 Å². The second-order valence-electron chi connectivity index (χ2n) is 8.36. The Bertz CT molecular complexity index is 1380.